The molecule has 3 nitrogen and oxygen atoms in total. The summed E-state index contributed by atoms with van der Waals surface area (Å²) in [5.41, 5.74) is 0. The largest absolute Gasteiger partial charge is 0.390 e. The van der Waals surface area contributed by atoms with Gasteiger partial charge in [0.15, 0.2) is 0 Å². The lowest BCUT2D eigenvalue weighted by Crippen LogP contribution is -2.29. The fraction of sp³-hybridized carbons (Fsp3) is 1.00. The lowest BCUT2D eigenvalue weighted by Gasteiger charge is -2.24. The van der Waals surface area contributed by atoms with Crippen LogP contribution in [0.5, 0.6) is 0 Å². The smallest absolute Gasteiger partial charge is 0.0808 e. The van der Waals surface area contributed by atoms with Crippen molar-refractivity contribution in [1.82, 2.24) is 0 Å². The fourth-order valence-corrected chi connectivity index (χ4v) is 2.74. The van der Waals surface area contributed by atoms with Crippen LogP contribution in [0, 0.1) is 5.92 Å². The summed E-state index contributed by atoms with van der Waals surface area (Å²) in [4.78, 5) is 0. The Morgan fingerprint density at radius 2 is 1.88 bits per heavy atom. The van der Waals surface area contributed by atoms with Crippen LogP contribution in [0.15, 0.2) is 0 Å². The zero-order chi connectivity index (χ0) is 11.2. The highest BCUT2D eigenvalue weighted by Gasteiger charge is 2.23. The topological polar surface area (TPSA) is 38.7 Å². The van der Waals surface area contributed by atoms with Gasteiger partial charge in [-0.3, -0.25) is 0 Å². The molecule has 1 saturated heterocycles. The summed E-state index contributed by atoms with van der Waals surface area (Å²) in [6.07, 6.45) is 8.44. The molecule has 0 spiro atoms. The third kappa shape index (κ3) is 3.72. The number of hydrogen-bond acceptors (Lipinski definition) is 3. The second-order valence-electron chi connectivity index (χ2n) is 5.14. The molecule has 0 bridgehead atoms. The Kier molecular flexibility index (Phi) is 5.07. The third-order valence-electron chi connectivity index (χ3n) is 3.81. The third-order valence-corrected chi connectivity index (χ3v) is 3.81. The van der Waals surface area contributed by atoms with Crippen LogP contribution < -0.4 is 0 Å². The van der Waals surface area contributed by atoms with Crippen LogP contribution in [0.1, 0.15) is 44.9 Å². The van der Waals surface area contributed by atoms with Crippen molar-refractivity contribution in [2.45, 2.75) is 57.2 Å². The van der Waals surface area contributed by atoms with E-state index in [4.69, 9.17) is 9.47 Å². The Labute approximate surface area is 98.1 Å². The van der Waals surface area contributed by atoms with E-state index in [2.05, 4.69) is 0 Å². The molecule has 1 aliphatic heterocycles. The van der Waals surface area contributed by atoms with E-state index in [-0.39, 0.29) is 12.2 Å². The summed E-state index contributed by atoms with van der Waals surface area (Å²) in [5, 5.41) is 9.91. The van der Waals surface area contributed by atoms with Crippen molar-refractivity contribution < 1.29 is 14.6 Å². The number of ether oxygens (including phenoxy) is 2. The minimum Gasteiger partial charge on any atom is -0.390 e. The van der Waals surface area contributed by atoms with E-state index in [9.17, 15) is 5.11 Å². The second kappa shape index (κ2) is 6.58. The van der Waals surface area contributed by atoms with Crippen LogP contribution in [0.2, 0.25) is 0 Å². The highest BCUT2D eigenvalue weighted by molar-refractivity contribution is 4.74. The number of aliphatic hydroxyl groups is 1. The SMILES string of the molecule is OC(COCC1CCCCO1)C1CCCC1. The van der Waals surface area contributed by atoms with Gasteiger partial charge >= 0.3 is 0 Å². The Bertz CT molecular complexity index is 184. The first kappa shape index (κ1) is 12.3. The van der Waals surface area contributed by atoms with Crippen LogP contribution >= 0.6 is 0 Å². The van der Waals surface area contributed by atoms with Crippen molar-refractivity contribution in [2.24, 2.45) is 5.92 Å². The molecule has 1 aliphatic carbocycles. The van der Waals surface area contributed by atoms with Gasteiger partial charge in [0.25, 0.3) is 0 Å². The average Bonchev–Trinajstić information content (AvgIpc) is 2.84. The van der Waals surface area contributed by atoms with E-state index >= 15 is 0 Å². The quantitative estimate of drug-likeness (QED) is 0.783. The zero-order valence-electron chi connectivity index (χ0n) is 10.1. The predicted octanol–water partition coefficient (Wildman–Crippen LogP) is 2.12. The van der Waals surface area contributed by atoms with E-state index in [0.29, 0.717) is 19.1 Å². The number of aliphatic hydroxyl groups excluding tert-OH is 1. The van der Waals surface area contributed by atoms with Crippen molar-refractivity contribution >= 4 is 0 Å². The molecule has 1 N–H and O–H groups in total. The molecule has 2 aliphatic rings. The van der Waals surface area contributed by atoms with E-state index in [1.54, 1.807) is 0 Å². The Hall–Kier alpha value is -0.120. The maximum absolute atomic E-state index is 9.91. The highest BCUT2D eigenvalue weighted by atomic mass is 16.5. The molecule has 2 atom stereocenters. The zero-order valence-corrected chi connectivity index (χ0v) is 10.1. The molecule has 1 saturated carbocycles. The molecule has 0 aromatic heterocycles. The molecule has 0 aromatic rings. The van der Waals surface area contributed by atoms with Crippen LogP contribution in [0.4, 0.5) is 0 Å². The van der Waals surface area contributed by atoms with E-state index in [1.807, 2.05) is 0 Å². The first-order valence-corrected chi connectivity index (χ1v) is 6.73. The summed E-state index contributed by atoms with van der Waals surface area (Å²) in [6, 6.07) is 0. The Morgan fingerprint density at radius 3 is 2.56 bits per heavy atom. The van der Waals surface area contributed by atoms with Crippen LogP contribution in [0.3, 0.4) is 0 Å². The van der Waals surface area contributed by atoms with E-state index in [0.717, 1.165) is 13.0 Å². The lowest BCUT2D eigenvalue weighted by molar-refractivity contribution is -0.0645. The molecule has 2 rings (SSSR count). The van der Waals surface area contributed by atoms with Crippen molar-refractivity contribution in [3.05, 3.63) is 0 Å². The van der Waals surface area contributed by atoms with Gasteiger partial charge in [0.2, 0.25) is 0 Å². The number of rotatable bonds is 5. The molecule has 2 fully saturated rings. The first-order valence-electron chi connectivity index (χ1n) is 6.73. The van der Waals surface area contributed by atoms with Gasteiger partial charge < -0.3 is 14.6 Å². The highest BCUT2D eigenvalue weighted by Crippen LogP contribution is 2.27. The predicted molar refractivity (Wildman–Crippen MR) is 62.4 cm³/mol. The fourth-order valence-electron chi connectivity index (χ4n) is 2.74. The van der Waals surface area contributed by atoms with Crippen molar-refractivity contribution in [3.63, 3.8) is 0 Å². The molecule has 16 heavy (non-hydrogen) atoms. The van der Waals surface area contributed by atoms with Gasteiger partial charge in [0.05, 0.1) is 25.4 Å². The molecule has 2 unspecified atom stereocenters. The molecule has 0 radical (unpaired) electrons. The van der Waals surface area contributed by atoms with E-state index in [1.165, 1.54) is 38.5 Å². The molecular formula is C13H24O3. The molecule has 3 heteroatoms. The van der Waals surface area contributed by atoms with Gasteiger partial charge in [-0.2, -0.15) is 0 Å². The number of hydrogen-bond donors (Lipinski definition) is 1. The Morgan fingerprint density at radius 1 is 1.12 bits per heavy atom. The summed E-state index contributed by atoms with van der Waals surface area (Å²) >= 11 is 0. The van der Waals surface area contributed by atoms with Gasteiger partial charge in [-0.15, -0.1) is 0 Å². The van der Waals surface area contributed by atoms with Gasteiger partial charge in [-0.25, -0.2) is 0 Å². The summed E-state index contributed by atoms with van der Waals surface area (Å²) in [5.74, 6) is 0.479. The van der Waals surface area contributed by atoms with Crippen molar-refractivity contribution in [3.8, 4) is 0 Å². The normalized spacial score (nSPS) is 29.4. The van der Waals surface area contributed by atoms with Crippen LogP contribution in [0.25, 0.3) is 0 Å². The standard InChI is InChI=1S/C13H24O3/c14-13(11-5-1-2-6-11)10-15-9-12-7-3-4-8-16-12/h11-14H,1-10H2. The minimum absolute atomic E-state index is 0.258. The first-order chi connectivity index (χ1) is 7.86. The summed E-state index contributed by atoms with van der Waals surface area (Å²) in [6.45, 7) is 2.02. The van der Waals surface area contributed by atoms with Crippen molar-refractivity contribution in [2.75, 3.05) is 19.8 Å². The van der Waals surface area contributed by atoms with Crippen LogP contribution in [-0.2, 0) is 9.47 Å². The maximum atomic E-state index is 9.91. The molecular weight excluding hydrogens is 204 g/mol. The van der Waals surface area contributed by atoms with Gasteiger partial charge in [-0.1, -0.05) is 12.8 Å². The molecule has 1 heterocycles. The maximum Gasteiger partial charge on any atom is 0.0808 e. The minimum atomic E-state index is -0.258. The van der Waals surface area contributed by atoms with E-state index < -0.39 is 0 Å². The van der Waals surface area contributed by atoms with Gasteiger partial charge in [-0.05, 0) is 38.0 Å². The molecule has 94 valence electrons. The van der Waals surface area contributed by atoms with Crippen molar-refractivity contribution in [1.29, 1.82) is 0 Å². The van der Waals surface area contributed by atoms with Gasteiger partial charge in [0, 0.05) is 6.61 Å². The molecule has 0 amide bonds. The monoisotopic (exact) mass is 228 g/mol. The van der Waals surface area contributed by atoms with Crippen LogP contribution in [-0.4, -0.2) is 37.1 Å². The van der Waals surface area contributed by atoms with Gasteiger partial charge in [0.1, 0.15) is 0 Å². The second-order valence-corrected chi connectivity index (χ2v) is 5.14. The summed E-state index contributed by atoms with van der Waals surface area (Å²) in [7, 11) is 0. The summed E-state index contributed by atoms with van der Waals surface area (Å²) < 4.78 is 11.2. The Balaban J connectivity index is 1.56. The average molecular weight is 228 g/mol. The molecule has 0 aromatic carbocycles. The lowest BCUT2D eigenvalue weighted by atomic mass is 10.0.